The van der Waals surface area contributed by atoms with Gasteiger partial charge in [0.15, 0.2) is 16.1 Å². The Labute approximate surface area is 447 Å². The quantitative estimate of drug-likeness (QED) is 0.0204. The molecule has 6 aromatic rings. The molecule has 6 aromatic carbocycles. The molecule has 2 N–H and O–H groups in total. The minimum absolute atomic E-state index is 0.117. The van der Waals surface area contributed by atoms with E-state index in [9.17, 15) is 41.5 Å². The van der Waals surface area contributed by atoms with Gasteiger partial charge in [-0.1, -0.05) is 156 Å². The second-order valence-corrected chi connectivity index (χ2v) is 21.9. The number of nitro groups is 2. The van der Waals surface area contributed by atoms with Gasteiger partial charge in [0.05, 0.1) is 59.9 Å². The van der Waals surface area contributed by atoms with E-state index in [1.54, 1.807) is 121 Å². The van der Waals surface area contributed by atoms with E-state index >= 15 is 16.8 Å². The first-order chi connectivity index (χ1) is 37.6. The molecule has 78 heavy (non-hydrogen) atoms. The third-order valence-electron chi connectivity index (χ3n) is 13.3. The van der Waals surface area contributed by atoms with Gasteiger partial charge in [0, 0.05) is 35.0 Å². The summed E-state index contributed by atoms with van der Waals surface area (Å²) in [5, 5.41) is 58.3. The summed E-state index contributed by atoms with van der Waals surface area (Å²) in [4.78, 5) is 27.6. The highest BCUT2D eigenvalue weighted by atomic mass is 32.2. The van der Waals surface area contributed by atoms with Gasteiger partial charge in [0.1, 0.15) is 24.4 Å². The third kappa shape index (κ3) is 12.8. The highest BCUT2D eigenvalue weighted by Crippen LogP contribution is 2.41. The predicted octanol–water partition coefficient (Wildman–Crippen LogP) is 7.72. The minimum Gasteiger partial charge on any atom is -0.389 e. The smallest absolute Gasteiger partial charge is 0.289 e. The van der Waals surface area contributed by atoms with E-state index in [1.165, 1.54) is 24.3 Å². The zero-order valence-electron chi connectivity index (χ0n) is 41.3. The lowest BCUT2D eigenvalue weighted by atomic mass is 9.83. The first-order valence-corrected chi connectivity index (χ1v) is 27.1. The lowest BCUT2D eigenvalue weighted by Gasteiger charge is -2.51. The van der Waals surface area contributed by atoms with E-state index in [0.717, 1.165) is 32.9 Å². The molecule has 406 valence electrons. The monoisotopic (exact) mass is 1100 g/mol. The molecule has 0 aromatic heterocycles. The molecule has 0 spiro atoms. The van der Waals surface area contributed by atoms with E-state index < -0.39 is 138 Å². The molecule has 1 saturated heterocycles. The molecular weight excluding hydrogens is 1050 g/mol. The number of rotatable bonds is 23. The summed E-state index contributed by atoms with van der Waals surface area (Å²) in [5.74, 6) is 0. The maximum atomic E-state index is 15.6. The van der Waals surface area contributed by atoms with E-state index in [-0.39, 0.29) is 13.2 Å². The highest BCUT2D eigenvalue weighted by molar-refractivity contribution is 7.89. The average Bonchev–Trinajstić information content (AvgIpc) is 3.56. The highest BCUT2D eigenvalue weighted by Gasteiger charge is 2.57. The molecule has 0 unspecified atom stereocenters. The molecular formula is C52H52N10O14S2. The van der Waals surface area contributed by atoms with Gasteiger partial charge in [-0.25, -0.2) is 16.8 Å². The Morgan fingerprint density at radius 2 is 1.00 bits per heavy atom. The van der Waals surface area contributed by atoms with Crippen LogP contribution in [0, 0.1) is 20.2 Å². The van der Waals surface area contributed by atoms with Crippen molar-refractivity contribution < 1.29 is 55.8 Å². The molecule has 8 rings (SSSR count). The van der Waals surface area contributed by atoms with Gasteiger partial charge in [-0.15, -0.1) is 0 Å². The first kappa shape index (κ1) is 56.5. The lowest BCUT2D eigenvalue weighted by molar-refractivity contribution is -0.388. The van der Waals surface area contributed by atoms with Crippen LogP contribution < -0.4 is 0 Å². The largest absolute Gasteiger partial charge is 0.389 e. The number of aliphatic hydroxyl groups is 2. The number of hydrogen-bond donors (Lipinski definition) is 2. The molecule has 26 heteroatoms. The molecule has 0 radical (unpaired) electrons. The number of ether oxygens (including phenoxy) is 4. The summed E-state index contributed by atoms with van der Waals surface area (Å²) < 4.78 is 89.7. The second kappa shape index (κ2) is 25.6. The summed E-state index contributed by atoms with van der Waals surface area (Å²) in [6.07, 6.45) is -13.2. The zero-order valence-corrected chi connectivity index (χ0v) is 42.9. The Morgan fingerprint density at radius 1 is 0.577 bits per heavy atom. The Hall–Kier alpha value is -7.68. The normalized spacial score (nSPS) is 23.4. The van der Waals surface area contributed by atoms with Gasteiger partial charge in [0.2, 0.25) is 0 Å². The van der Waals surface area contributed by atoms with Gasteiger partial charge < -0.3 is 29.2 Å². The molecule has 1 aliphatic heterocycles. The van der Waals surface area contributed by atoms with Crippen LogP contribution in [0.5, 0.6) is 0 Å². The summed E-state index contributed by atoms with van der Waals surface area (Å²) in [7, 11) is -10.3. The SMILES string of the molecule is [N-]=[N+]=NC[C@H]1O[C@H](O[C@@H]2[C@@H](O)[C@@H](O)[C@H](N(Cc3ccccc3)S(=O)(=O)c3ccccc3[N+](=O)[O-])C[C@@H]2N(Cc2ccccc2)S(=O)(=O)c2ccccc2[N+](=O)[O-])[C@H](OCc2ccccc2)[C@@H](OCc2ccccc2)[C@@H]1N=[N+]=[N-]. The topological polar surface area (TPSA) is 336 Å². The van der Waals surface area contributed by atoms with Crippen LogP contribution in [0.3, 0.4) is 0 Å². The van der Waals surface area contributed by atoms with E-state index in [1.807, 2.05) is 0 Å². The fraction of sp³-hybridized carbons (Fsp3) is 0.308. The third-order valence-corrected chi connectivity index (χ3v) is 17.2. The van der Waals surface area contributed by atoms with Crippen molar-refractivity contribution in [3.8, 4) is 0 Å². The zero-order chi connectivity index (χ0) is 55.4. The van der Waals surface area contributed by atoms with Crippen LogP contribution in [0.4, 0.5) is 11.4 Å². The molecule has 1 heterocycles. The van der Waals surface area contributed by atoms with Gasteiger partial charge in [-0.3, -0.25) is 20.2 Å². The number of sulfonamides is 2. The number of nitro benzene ring substituents is 2. The van der Waals surface area contributed by atoms with Crippen LogP contribution in [0.2, 0.25) is 0 Å². The Kier molecular flexibility index (Phi) is 18.6. The number of nitrogens with zero attached hydrogens (tertiary/aromatic N) is 10. The fourth-order valence-corrected chi connectivity index (χ4v) is 13.2. The number of azide groups is 2. The summed E-state index contributed by atoms with van der Waals surface area (Å²) in [6, 6.07) is 37.6. The maximum absolute atomic E-state index is 15.6. The molecule has 24 nitrogen and oxygen atoms in total. The Balaban J connectivity index is 1.33. The molecule has 2 fully saturated rings. The molecule has 0 amide bonds. The molecule has 2 aliphatic rings. The second-order valence-electron chi connectivity index (χ2n) is 18.1. The van der Waals surface area contributed by atoms with Crippen LogP contribution >= 0.6 is 0 Å². The number of para-hydroxylation sites is 2. The van der Waals surface area contributed by atoms with Crippen molar-refractivity contribution >= 4 is 31.4 Å². The molecule has 10 atom stereocenters. The van der Waals surface area contributed by atoms with Gasteiger partial charge in [-0.2, -0.15) is 8.61 Å². The van der Waals surface area contributed by atoms with E-state index in [2.05, 4.69) is 20.1 Å². The van der Waals surface area contributed by atoms with Crippen molar-refractivity contribution in [2.24, 2.45) is 10.2 Å². The van der Waals surface area contributed by atoms with Crippen molar-refractivity contribution in [2.45, 2.75) is 104 Å². The van der Waals surface area contributed by atoms with Gasteiger partial charge >= 0.3 is 0 Å². The molecule has 1 aliphatic carbocycles. The number of aliphatic hydroxyl groups excluding tert-OH is 2. The minimum atomic E-state index is -5.20. The number of hydrogen-bond acceptors (Lipinski definition) is 16. The standard InChI is InChI=1S/C52H52N10O14S2/c53-57-55-30-43-46(56-58-54)50(73-33-37-21-9-3-10-22-37)51(74-34-38-23-11-4-12-24-38)52(75-43)76-49-42(60(32-36-19-7-2-8-20-36)78(71,72)45-28-16-14-26-40(45)62(67)68)29-41(47(63)48(49)64)59(31-35-17-5-1-6-18-35)77(69,70)44-27-15-13-25-39(44)61(65)66/h1-28,41-43,46-52,63-64H,29-34H2/t41-,42+,43-,46-,47+,48+,49+,50+,51-,52-/m1/s1. The average molecular weight is 1110 g/mol. The summed E-state index contributed by atoms with van der Waals surface area (Å²) in [6.45, 7) is -1.97. The van der Waals surface area contributed by atoms with Crippen molar-refractivity contribution in [1.29, 1.82) is 0 Å². The van der Waals surface area contributed by atoms with Crippen LogP contribution in [-0.4, -0.2) is 113 Å². The lowest BCUT2D eigenvalue weighted by Crippen LogP contribution is -2.68. The Bertz CT molecular complexity index is 3350. The number of benzene rings is 6. The predicted molar refractivity (Wildman–Crippen MR) is 279 cm³/mol. The van der Waals surface area contributed by atoms with Crippen LogP contribution in [0.15, 0.2) is 190 Å². The molecule has 1 saturated carbocycles. The van der Waals surface area contributed by atoms with E-state index in [4.69, 9.17) is 18.9 Å². The van der Waals surface area contributed by atoms with E-state index in [0.29, 0.717) is 22.3 Å². The fourth-order valence-electron chi connectivity index (χ4n) is 9.63. The van der Waals surface area contributed by atoms with Gasteiger partial charge in [0.25, 0.3) is 31.4 Å². The van der Waals surface area contributed by atoms with Crippen LogP contribution in [0.1, 0.15) is 28.7 Å². The first-order valence-electron chi connectivity index (χ1n) is 24.3. The van der Waals surface area contributed by atoms with Crippen molar-refractivity contribution in [3.63, 3.8) is 0 Å². The Morgan fingerprint density at radius 3 is 1.45 bits per heavy atom. The van der Waals surface area contributed by atoms with Gasteiger partial charge in [-0.05, 0) is 51.9 Å². The molecule has 0 bridgehead atoms. The van der Waals surface area contributed by atoms with Crippen molar-refractivity contribution in [1.82, 2.24) is 8.61 Å². The van der Waals surface area contributed by atoms with Crippen molar-refractivity contribution in [3.05, 3.63) is 233 Å². The van der Waals surface area contributed by atoms with Crippen molar-refractivity contribution in [2.75, 3.05) is 6.54 Å². The summed E-state index contributed by atoms with van der Waals surface area (Å²) >= 11 is 0. The van der Waals surface area contributed by atoms with Crippen LogP contribution in [0.25, 0.3) is 20.9 Å². The maximum Gasteiger partial charge on any atom is 0.289 e. The van der Waals surface area contributed by atoms with Crippen LogP contribution in [-0.2, 0) is 65.3 Å². The summed E-state index contributed by atoms with van der Waals surface area (Å²) in [5.41, 5.74) is 19.7.